The molecule has 1 aliphatic carbocycles. The molecule has 0 spiro atoms. The molecule has 4 rings (SSSR count). The highest BCUT2D eigenvalue weighted by atomic mass is 32.2. The topological polar surface area (TPSA) is 90.9 Å². The number of carbonyl (C=O) groups is 1. The first-order valence-corrected chi connectivity index (χ1v) is 13.6. The number of carbonyl (C=O) groups excluding carboxylic acids is 1. The van der Waals surface area contributed by atoms with E-state index in [0.717, 1.165) is 50.8 Å². The van der Waals surface area contributed by atoms with Crippen molar-refractivity contribution in [1.82, 2.24) is 10.2 Å². The zero-order valence-corrected chi connectivity index (χ0v) is 20.5. The third-order valence-corrected chi connectivity index (χ3v) is 7.87. The van der Waals surface area contributed by atoms with Crippen LogP contribution in [0.4, 0.5) is 11.4 Å². The van der Waals surface area contributed by atoms with Gasteiger partial charge in [0, 0.05) is 48.7 Å². The van der Waals surface area contributed by atoms with Crippen LogP contribution in [0.25, 0.3) is 0 Å². The monoisotopic (exact) mass is 480 g/mol. The lowest BCUT2D eigenvalue weighted by Gasteiger charge is -2.22. The maximum Gasteiger partial charge on any atom is 0.264 e. The minimum Gasteiger partial charge on any atom is -0.337 e. The van der Waals surface area contributed by atoms with E-state index in [1.54, 1.807) is 37.4 Å². The van der Waals surface area contributed by atoms with Crippen molar-refractivity contribution in [2.45, 2.75) is 56.3 Å². The van der Waals surface area contributed by atoms with Crippen LogP contribution >= 0.6 is 0 Å². The van der Waals surface area contributed by atoms with Gasteiger partial charge in [0.2, 0.25) is 0 Å². The van der Waals surface area contributed by atoms with E-state index < -0.39 is 10.0 Å². The normalized spacial score (nSPS) is 17.9. The molecule has 2 fully saturated rings. The fourth-order valence-electron chi connectivity index (χ4n) is 4.72. The van der Waals surface area contributed by atoms with Crippen LogP contribution in [0.1, 0.15) is 67.3 Å². The smallest absolute Gasteiger partial charge is 0.264 e. The predicted octanol–water partition coefficient (Wildman–Crippen LogP) is 4.29. The van der Waals surface area contributed by atoms with Gasteiger partial charge in [-0.05, 0) is 62.9 Å². The number of aliphatic imine (C=N–C) groups is 1. The summed E-state index contributed by atoms with van der Waals surface area (Å²) in [4.78, 5) is 19.2. The molecule has 0 radical (unpaired) electrons. The highest BCUT2D eigenvalue weighted by Crippen LogP contribution is 2.39. The molecule has 0 aromatic heterocycles. The van der Waals surface area contributed by atoms with E-state index in [0.29, 0.717) is 30.0 Å². The second-order valence-electron chi connectivity index (χ2n) is 8.84. The quantitative estimate of drug-likeness (QED) is 0.604. The van der Waals surface area contributed by atoms with Crippen molar-refractivity contribution in [2.75, 3.05) is 30.9 Å². The van der Waals surface area contributed by atoms with Crippen molar-refractivity contribution in [3.05, 3.63) is 53.6 Å². The van der Waals surface area contributed by atoms with E-state index in [1.165, 1.54) is 12.5 Å². The van der Waals surface area contributed by atoms with Gasteiger partial charge in [-0.2, -0.15) is 0 Å². The molecule has 1 saturated heterocycles. The number of sulfonamides is 1. The summed E-state index contributed by atoms with van der Waals surface area (Å²) < 4.78 is 29.3. The maximum atomic E-state index is 13.3. The Hall–Kier alpha value is -2.89. The van der Waals surface area contributed by atoms with Gasteiger partial charge >= 0.3 is 0 Å². The molecule has 1 heterocycles. The van der Waals surface area contributed by atoms with Crippen molar-refractivity contribution in [3.63, 3.8) is 0 Å². The van der Waals surface area contributed by atoms with Crippen molar-refractivity contribution in [1.29, 1.82) is 0 Å². The number of amides is 1. The fourth-order valence-corrected chi connectivity index (χ4v) is 5.90. The highest BCUT2D eigenvalue weighted by molar-refractivity contribution is 7.92. The minimum absolute atomic E-state index is 0.0389. The van der Waals surface area contributed by atoms with Crippen LogP contribution in [0.15, 0.2) is 40.2 Å². The van der Waals surface area contributed by atoms with Crippen LogP contribution < -0.4 is 10.0 Å². The number of hydrogen-bond acceptors (Lipinski definition) is 5. The van der Waals surface area contributed by atoms with Crippen LogP contribution in [0.2, 0.25) is 0 Å². The first-order valence-electron chi connectivity index (χ1n) is 12.1. The molecule has 0 bridgehead atoms. The van der Waals surface area contributed by atoms with Gasteiger partial charge in [-0.1, -0.05) is 31.4 Å². The van der Waals surface area contributed by atoms with E-state index in [2.05, 4.69) is 27.2 Å². The number of nitrogens with zero attached hydrogens (tertiary/aromatic N) is 2. The third-order valence-electron chi connectivity index (χ3n) is 6.47. The van der Waals surface area contributed by atoms with E-state index in [9.17, 15) is 13.2 Å². The zero-order valence-electron chi connectivity index (χ0n) is 19.6. The Bertz CT molecular complexity index is 1120. The van der Waals surface area contributed by atoms with Crippen molar-refractivity contribution < 1.29 is 13.2 Å². The number of nitrogens with one attached hydrogen (secondary N) is 2. The molecule has 1 aliphatic heterocycles. The average molecular weight is 481 g/mol. The summed E-state index contributed by atoms with van der Waals surface area (Å²) in [7, 11) is -3.90. The molecule has 2 N–H and O–H groups in total. The van der Waals surface area contributed by atoms with Gasteiger partial charge in [0.05, 0.1) is 5.69 Å². The molecule has 8 heteroatoms. The molecule has 2 aliphatic rings. The van der Waals surface area contributed by atoms with Gasteiger partial charge in [-0.15, -0.1) is 0 Å². The zero-order chi connectivity index (χ0) is 24.0. The molecule has 34 heavy (non-hydrogen) atoms. The van der Waals surface area contributed by atoms with Crippen molar-refractivity contribution in [2.24, 2.45) is 4.99 Å². The summed E-state index contributed by atoms with van der Waals surface area (Å²) in [6, 6.07) is 14.1. The highest BCUT2D eigenvalue weighted by Gasteiger charge is 2.26. The standard InChI is InChI=1S/C26H32N4O3S/c1-2-28-25-23(20-8-4-3-5-9-20)10-6-11-24(25)34(32,33)29-22-14-12-21(13-15-22)26(31)30-18-7-16-27-17-19-30/h2,11-15,20,27,29H,3-5,7-9,16-19H2,1H3/b28-2-. The maximum absolute atomic E-state index is 13.3. The molecule has 0 unspecified atom stereocenters. The Morgan fingerprint density at radius 1 is 1.12 bits per heavy atom. The number of benzene rings is 1. The van der Waals surface area contributed by atoms with Crippen LogP contribution in [0.3, 0.4) is 0 Å². The summed E-state index contributed by atoms with van der Waals surface area (Å²) in [5, 5.41) is 3.29. The number of anilines is 1. The molecule has 0 atom stereocenters. The van der Waals surface area contributed by atoms with Gasteiger partial charge in [0.25, 0.3) is 15.9 Å². The molecular weight excluding hydrogens is 448 g/mol. The minimum atomic E-state index is -3.90. The Morgan fingerprint density at radius 2 is 1.88 bits per heavy atom. The van der Waals surface area contributed by atoms with Crippen LogP contribution in [-0.4, -0.2) is 51.6 Å². The molecule has 180 valence electrons. The van der Waals surface area contributed by atoms with E-state index >= 15 is 0 Å². The lowest BCUT2D eigenvalue weighted by molar-refractivity contribution is 0.0766. The molecular formula is C26H32N4O3S. The second-order valence-corrected chi connectivity index (χ2v) is 10.5. The summed E-state index contributed by atoms with van der Waals surface area (Å²) in [5.41, 5.74) is 2.21. The lowest BCUT2D eigenvalue weighted by atomic mass is 9.84. The van der Waals surface area contributed by atoms with Gasteiger partial charge < -0.3 is 10.2 Å². The van der Waals surface area contributed by atoms with Crippen LogP contribution in [-0.2, 0) is 10.0 Å². The molecule has 1 saturated carbocycles. The Morgan fingerprint density at radius 3 is 2.62 bits per heavy atom. The third kappa shape index (κ3) is 5.60. The Balaban J connectivity index is 1.55. The van der Waals surface area contributed by atoms with Crippen molar-refractivity contribution in [3.8, 4) is 0 Å². The second kappa shape index (κ2) is 11.0. The van der Waals surface area contributed by atoms with Gasteiger partial charge in [-0.25, -0.2) is 8.42 Å². The van der Waals surface area contributed by atoms with Crippen LogP contribution in [0, 0.1) is 12.1 Å². The van der Waals surface area contributed by atoms with Gasteiger partial charge in [0.1, 0.15) is 4.90 Å². The Kier molecular flexibility index (Phi) is 7.86. The average Bonchev–Trinajstić information content (AvgIpc) is 3.14. The summed E-state index contributed by atoms with van der Waals surface area (Å²) in [6.45, 7) is 4.85. The van der Waals surface area contributed by atoms with Crippen molar-refractivity contribution >= 4 is 33.5 Å². The van der Waals surface area contributed by atoms with E-state index in [-0.39, 0.29) is 16.7 Å². The van der Waals surface area contributed by atoms with E-state index in [1.807, 2.05) is 4.90 Å². The van der Waals surface area contributed by atoms with E-state index in [4.69, 9.17) is 0 Å². The van der Waals surface area contributed by atoms with Crippen LogP contribution in [0.5, 0.6) is 0 Å². The first-order chi connectivity index (χ1) is 16.5. The first kappa shape index (κ1) is 24.2. The van der Waals surface area contributed by atoms with Gasteiger partial charge in [0.15, 0.2) is 0 Å². The number of hydrogen-bond donors (Lipinski definition) is 2. The molecule has 1 amide bonds. The van der Waals surface area contributed by atoms with Gasteiger partial charge in [-0.3, -0.25) is 14.5 Å². The molecule has 2 aromatic carbocycles. The fraction of sp³-hybridized carbons (Fsp3) is 0.462. The SMILES string of the molecule is C/C=N\c1c(C2CCCCC2)c#ccc1S(=O)(=O)Nc1ccc(C(=O)N2CCCNCC2)cc1. The molecule has 7 nitrogen and oxygen atoms in total. The summed E-state index contributed by atoms with van der Waals surface area (Å²) >= 11 is 0. The number of rotatable bonds is 6. The largest absolute Gasteiger partial charge is 0.337 e. The predicted molar refractivity (Wildman–Crippen MR) is 134 cm³/mol. The lowest BCUT2D eigenvalue weighted by Crippen LogP contribution is -2.34. The molecule has 2 aromatic rings. The summed E-state index contributed by atoms with van der Waals surface area (Å²) in [6.07, 6.45) is 8.02. The Labute approximate surface area is 202 Å². The summed E-state index contributed by atoms with van der Waals surface area (Å²) in [5.74, 6) is 0.210.